The molecule has 0 bridgehead atoms. The number of carbonyl (C=O) groups excluding carboxylic acids is 1. The van der Waals surface area contributed by atoms with Crippen LogP contribution in [0.15, 0.2) is 16.7 Å². The summed E-state index contributed by atoms with van der Waals surface area (Å²) in [6.45, 7) is 1.95. The number of hydrogen-bond acceptors (Lipinski definition) is 5. The van der Waals surface area contributed by atoms with Crippen molar-refractivity contribution in [2.24, 2.45) is 0 Å². The zero-order chi connectivity index (χ0) is 12.4. The van der Waals surface area contributed by atoms with E-state index in [9.17, 15) is 4.79 Å². The molecule has 0 spiro atoms. The van der Waals surface area contributed by atoms with Crippen LogP contribution >= 0.6 is 15.9 Å². The first-order chi connectivity index (χ1) is 8.15. The van der Waals surface area contributed by atoms with Crippen LogP contribution in [0, 0.1) is 11.3 Å². The van der Waals surface area contributed by atoms with Crippen molar-refractivity contribution in [3.63, 3.8) is 0 Å². The number of ether oxygens (including phenoxy) is 1. The van der Waals surface area contributed by atoms with E-state index >= 15 is 0 Å². The summed E-state index contributed by atoms with van der Waals surface area (Å²) in [5, 5.41) is 12.9. The van der Waals surface area contributed by atoms with Gasteiger partial charge in [0, 0.05) is 10.7 Å². The average Bonchev–Trinajstić information content (AvgIpc) is 2.71. The fraction of sp³-hybridized carbons (Fsp3) is 0.200. The number of carbonyl (C=O) groups is 1. The van der Waals surface area contributed by atoms with Crippen molar-refractivity contribution in [3.8, 4) is 6.07 Å². The quantitative estimate of drug-likeness (QED) is 0.785. The summed E-state index contributed by atoms with van der Waals surface area (Å²) in [5.41, 5.74) is 0.668. The number of nitriles is 1. The van der Waals surface area contributed by atoms with Crippen molar-refractivity contribution in [1.82, 2.24) is 14.6 Å². The van der Waals surface area contributed by atoms with Crippen LogP contribution in [0.3, 0.4) is 0 Å². The molecule has 2 rings (SSSR count). The molecule has 0 fully saturated rings. The van der Waals surface area contributed by atoms with Gasteiger partial charge in [-0.2, -0.15) is 10.2 Å². The lowest BCUT2D eigenvalue weighted by atomic mass is 10.3. The third-order valence-corrected chi connectivity index (χ3v) is 2.41. The standard InChI is InChI=1S/C10H7BrN4O2/c1-2-17-10(16)8-13-9-6(4-12)3-7(11)5-15(9)14-8/h3,5H,2H2,1H3. The lowest BCUT2D eigenvalue weighted by Crippen LogP contribution is -2.06. The molecule has 0 aromatic carbocycles. The van der Waals surface area contributed by atoms with Crippen LogP contribution in [0.5, 0.6) is 0 Å². The Kier molecular flexibility index (Phi) is 3.06. The summed E-state index contributed by atoms with van der Waals surface area (Å²) >= 11 is 3.25. The highest BCUT2D eigenvalue weighted by Crippen LogP contribution is 2.16. The van der Waals surface area contributed by atoms with Gasteiger partial charge in [-0.15, -0.1) is 5.10 Å². The molecule has 2 aromatic heterocycles. The molecule has 0 saturated heterocycles. The molecule has 0 aliphatic rings. The summed E-state index contributed by atoms with van der Waals surface area (Å²) in [5.74, 6) is -0.655. The summed E-state index contributed by atoms with van der Waals surface area (Å²) in [7, 11) is 0. The Balaban J connectivity index is 2.58. The molecule has 0 amide bonds. The number of halogens is 1. The highest BCUT2D eigenvalue weighted by Gasteiger charge is 2.16. The predicted octanol–water partition coefficient (Wildman–Crippen LogP) is 1.54. The first-order valence-electron chi connectivity index (χ1n) is 4.79. The van der Waals surface area contributed by atoms with Crippen LogP contribution in [0.1, 0.15) is 23.1 Å². The largest absolute Gasteiger partial charge is 0.460 e. The molecule has 0 saturated carbocycles. The van der Waals surface area contributed by atoms with Crippen molar-refractivity contribution >= 4 is 27.5 Å². The Morgan fingerprint density at radius 2 is 2.47 bits per heavy atom. The molecule has 86 valence electrons. The van der Waals surface area contributed by atoms with E-state index in [1.807, 2.05) is 6.07 Å². The molecule has 7 heteroatoms. The molecule has 0 N–H and O–H groups in total. The molecule has 2 aromatic rings. The van der Waals surface area contributed by atoms with Crippen LogP contribution in [0.2, 0.25) is 0 Å². The van der Waals surface area contributed by atoms with E-state index in [1.54, 1.807) is 19.2 Å². The maximum absolute atomic E-state index is 11.4. The number of esters is 1. The number of aromatic nitrogens is 3. The maximum atomic E-state index is 11.4. The smallest absolute Gasteiger partial charge is 0.378 e. The van der Waals surface area contributed by atoms with E-state index in [1.165, 1.54) is 4.52 Å². The van der Waals surface area contributed by atoms with Gasteiger partial charge in [0.25, 0.3) is 5.82 Å². The fourth-order valence-electron chi connectivity index (χ4n) is 1.32. The minimum atomic E-state index is -0.601. The second-order valence-electron chi connectivity index (χ2n) is 3.11. The lowest BCUT2D eigenvalue weighted by molar-refractivity contribution is 0.0512. The van der Waals surface area contributed by atoms with Crippen molar-refractivity contribution < 1.29 is 9.53 Å². The Labute approximate surface area is 105 Å². The van der Waals surface area contributed by atoms with Crippen LogP contribution in [0.25, 0.3) is 5.65 Å². The first kappa shape index (κ1) is 11.5. The van der Waals surface area contributed by atoms with Gasteiger partial charge in [-0.3, -0.25) is 0 Å². The first-order valence-corrected chi connectivity index (χ1v) is 5.58. The lowest BCUT2D eigenvalue weighted by Gasteiger charge is -1.94. The fourth-order valence-corrected chi connectivity index (χ4v) is 1.74. The number of hydrogen-bond donors (Lipinski definition) is 0. The SMILES string of the molecule is CCOC(=O)c1nc2c(C#N)cc(Br)cn2n1. The summed E-state index contributed by atoms with van der Waals surface area (Å²) < 4.78 is 6.84. The Morgan fingerprint density at radius 3 is 3.12 bits per heavy atom. The van der Waals surface area contributed by atoms with Gasteiger partial charge in [-0.1, -0.05) is 0 Å². The zero-order valence-corrected chi connectivity index (χ0v) is 10.4. The van der Waals surface area contributed by atoms with Crippen molar-refractivity contribution in [2.75, 3.05) is 6.61 Å². The van der Waals surface area contributed by atoms with Crippen LogP contribution in [-0.4, -0.2) is 27.2 Å². The minimum Gasteiger partial charge on any atom is -0.460 e. The zero-order valence-electron chi connectivity index (χ0n) is 8.85. The highest BCUT2D eigenvalue weighted by atomic mass is 79.9. The van der Waals surface area contributed by atoms with Crippen LogP contribution in [0.4, 0.5) is 0 Å². The topological polar surface area (TPSA) is 80.3 Å². The van der Waals surface area contributed by atoms with Gasteiger partial charge in [0.05, 0.1) is 12.2 Å². The summed E-state index contributed by atoms with van der Waals surface area (Å²) in [4.78, 5) is 15.4. The molecule has 6 nitrogen and oxygen atoms in total. The van der Waals surface area contributed by atoms with E-state index in [4.69, 9.17) is 10.00 Å². The van der Waals surface area contributed by atoms with E-state index < -0.39 is 5.97 Å². The molecule has 17 heavy (non-hydrogen) atoms. The number of pyridine rings is 1. The van der Waals surface area contributed by atoms with E-state index in [0.29, 0.717) is 15.7 Å². The number of rotatable bonds is 2. The Bertz CT molecular complexity index is 629. The second kappa shape index (κ2) is 4.51. The van der Waals surface area contributed by atoms with Crippen LogP contribution in [-0.2, 0) is 4.74 Å². The molecule has 0 aliphatic heterocycles. The van der Waals surface area contributed by atoms with E-state index in [2.05, 4.69) is 26.0 Å². The Hall–Kier alpha value is -1.94. The van der Waals surface area contributed by atoms with E-state index in [0.717, 1.165) is 0 Å². The normalized spacial score (nSPS) is 10.2. The van der Waals surface area contributed by atoms with Gasteiger partial charge < -0.3 is 4.74 Å². The van der Waals surface area contributed by atoms with Gasteiger partial charge in [-0.25, -0.2) is 9.31 Å². The third-order valence-electron chi connectivity index (χ3n) is 1.98. The van der Waals surface area contributed by atoms with Gasteiger partial charge in [0.15, 0.2) is 5.65 Å². The number of fused-ring (bicyclic) bond motifs is 1. The predicted molar refractivity (Wildman–Crippen MR) is 61.4 cm³/mol. The van der Waals surface area contributed by atoms with Gasteiger partial charge in [0.1, 0.15) is 6.07 Å². The molecule has 0 unspecified atom stereocenters. The van der Waals surface area contributed by atoms with Crippen molar-refractivity contribution in [3.05, 3.63) is 28.1 Å². The molecule has 2 heterocycles. The Morgan fingerprint density at radius 1 is 1.71 bits per heavy atom. The van der Waals surface area contributed by atoms with Gasteiger partial charge >= 0.3 is 5.97 Å². The summed E-state index contributed by atoms with van der Waals surface area (Å²) in [6, 6.07) is 3.60. The molecular weight excluding hydrogens is 288 g/mol. The molecule has 0 aliphatic carbocycles. The van der Waals surface area contributed by atoms with Crippen LogP contribution < -0.4 is 0 Å². The molecule has 0 radical (unpaired) electrons. The van der Waals surface area contributed by atoms with E-state index in [-0.39, 0.29) is 12.4 Å². The highest BCUT2D eigenvalue weighted by molar-refractivity contribution is 9.10. The van der Waals surface area contributed by atoms with Crippen molar-refractivity contribution in [2.45, 2.75) is 6.92 Å². The minimum absolute atomic E-state index is 0.0542. The second-order valence-corrected chi connectivity index (χ2v) is 4.02. The van der Waals surface area contributed by atoms with Crippen molar-refractivity contribution in [1.29, 1.82) is 5.26 Å². The summed E-state index contributed by atoms with van der Waals surface area (Å²) in [6.07, 6.45) is 1.62. The van der Waals surface area contributed by atoms with Gasteiger partial charge in [0.2, 0.25) is 0 Å². The third kappa shape index (κ3) is 2.12. The number of nitrogens with zero attached hydrogens (tertiary/aromatic N) is 4. The monoisotopic (exact) mass is 294 g/mol. The molecular formula is C10H7BrN4O2. The van der Waals surface area contributed by atoms with Gasteiger partial charge in [-0.05, 0) is 28.9 Å². The average molecular weight is 295 g/mol. The molecule has 0 atom stereocenters. The maximum Gasteiger partial charge on any atom is 0.378 e.